The summed E-state index contributed by atoms with van der Waals surface area (Å²) in [4.78, 5) is 0. The van der Waals surface area contributed by atoms with E-state index in [1.807, 2.05) is 0 Å². The Bertz CT molecular complexity index is 391. The van der Waals surface area contributed by atoms with Gasteiger partial charge >= 0.3 is 0 Å². The largest absolute Gasteiger partial charge is 0.384 e. The number of ether oxygens (including phenoxy) is 1. The number of nitrogens with two attached hydrogens (primary N) is 1. The molecule has 3 nitrogen and oxygen atoms in total. The van der Waals surface area contributed by atoms with Crippen molar-refractivity contribution in [3.63, 3.8) is 0 Å². The van der Waals surface area contributed by atoms with Crippen molar-refractivity contribution in [3.8, 4) is 0 Å². The quantitative estimate of drug-likeness (QED) is 0.455. The van der Waals surface area contributed by atoms with E-state index >= 15 is 0 Å². The molecule has 0 radical (unpaired) electrons. The van der Waals surface area contributed by atoms with Crippen molar-refractivity contribution in [2.45, 2.75) is 26.9 Å². The molecule has 3 N–H and O–H groups in total. The van der Waals surface area contributed by atoms with Gasteiger partial charge in [-0.05, 0) is 18.4 Å². The Morgan fingerprint density at radius 1 is 1.47 bits per heavy atom. The first-order valence-corrected chi connectivity index (χ1v) is 5.71. The lowest BCUT2D eigenvalue weighted by Gasteiger charge is -2.08. The minimum atomic E-state index is -0.373. The minimum absolute atomic E-state index is 0.129. The molecule has 0 atom stereocenters. The Balaban J connectivity index is 2.52. The molecule has 0 amide bonds. The number of hydrogen-bond acceptors (Lipinski definition) is 2. The molecule has 0 aromatic heterocycles. The summed E-state index contributed by atoms with van der Waals surface area (Å²) >= 11 is 0. The first-order chi connectivity index (χ1) is 8.00. The number of benzene rings is 1. The van der Waals surface area contributed by atoms with Gasteiger partial charge in [-0.3, -0.25) is 5.41 Å². The van der Waals surface area contributed by atoms with E-state index in [1.54, 1.807) is 12.1 Å². The molecule has 0 unspecified atom stereocenters. The number of hydrogen-bond donors (Lipinski definition) is 2. The van der Waals surface area contributed by atoms with Crippen LogP contribution in [0, 0.1) is 17.1 Å². The molecule has 0 fully saturated rings. The molecule has 4 heteroatoms. The lowest BCUT2D eigenvalue weighted by atomic mass is 10.1. The van der Waals surface area contributed by atoms with Gasteiger partial charge in [0.05, 0.1) is 6.61 Å². The average molecular weight is 238 g/mol. The van der Waals surface area contributed by atoms with E-state index in [4.69, 9.17) is 15.9 Å². The van der Waals surface area contributed by atoms with E-state index in [9.17, 15) is 4.39 Å². The number of halogens is 1. The van der Waals surface area contributed by atoms with Gasteiger partial charge in [0.2, 0.25) is 0 Å². The van der Waals surface area contributed by atoms with E-state index in [-0.39, 0.29) is 18.3 Å². The fourth-order valence-electron chi connectivity index (χ4n) is 1.33. The van der Waals surface area contributed by atoms with Crippen LogP contribution in [0.3, 0.4) is 0 Å². The monoisotopic (exact) mass is 238 g/mol. The molecule has 94 valence electrons. The first kappa shape index (κ1) is 13.6. The van der Waals surface area contributed by atoms with Gasteiger partial charge in [-0.1, -0.05) is 26.0 Å². The van der Waals surface area contributed by atoms with Gasteiger partial charge in [0.15, 0.2) is 0 Å². The van der Waals surface area contributed by atoms with Crippen molar-refractivity contribution < 1.29 is 9.13 Å². The second-order valence-electron chi connectivity index (χ2n) is 4.45. The molecule has 1 rings (SSSR count). The van der Waals surface area contributed by atoms with Crippen LogP contribution in [0.4, 0.5) is 4.39 Å². The number of rotatable bonds is 6. The Hall–Kier alpha value is -1.42. The zero-order chi connectivity index (χ0) is 12.8. The molecular formula is C13H19FN2O. The van der Waals surface area contributed by atoms with Crippen LogP contribution in [-0.4, -0.2) is 12.4 Å². The maximum absolute atomic E-state index is 13.6. The highest BCUT2D eigenvalue weighted by molar-refractivity contribution is 5.94. The number of amidine groups is 1. The third kappa shape index (κ3) is 4.53. The van der Waals surface area contributed by atoms with Crippen molar-refractivity contribution in [2.75, 3.05) is 6.61 Å². The molecule has 0 bridgehead atoms. The van der Waals surface area contributed by atoms with Gasteiger partial charge in [-0.2, -0.15) is 0 Å². The molecule has 1 aromatic carbocycles. The third-order valence-electron chi connectivity index (χ3n) is 2.46. The summed E-state index contributed by atoms with van der Waals surface area (Å²) in [7, 11) is 0. The van der Waals surface area contributed by atoms with Crippen LogP contribution in [0.5, 0.6) is 0 Å². The fraction of sp³-hybridized carbons (Fsp3) is 0.462. The smallest absolute Gasteiger partial charge is 0.129 e. The number of nitrogens with one attached hydrogen (secondary N) is 1. The van der Waals surface area contributed by atoms with Crippen LogP contribution < -0.4 is 5.73 Å². The Labute approximate surface area is 101 Å². The molecule has 0 aliphatic heterocycles. The predicted octanol–water partition coefficient (Wildman–Crippen LogP) is 2.67. The maximum Gasteiger partial charge on any atom is 0.129 e. The van der Waals surface area contributed by atoms with E-state index < -0.39 is 0 Å². The first-order valence-electron chi connectivity index (χ1n) is 5.71. The summed E-state index contributed by atoms with van der Waals surface area (Å²) in [5.74, 6) is 0.0818. The highest BCUT2D eigenvalue weighted by Crippen LogP contribution is 2.12. The molecule has 0 aliphatic carbocycles. The van der Waals surface area contributed by atoms with Gasteiger partial charge < -0.3 is 10.5 Å². The van der Waals surface area contributed by atoms with E-state index in [1.165, 1.54) is 6.07 Å². The average Bonchev–Trinajstić information content (AvgIpc) is 2.25. The van der Waals surface area contributed by atoms with Crippen LogP contribution in [-0.2, 0) is 11.3 Å². The molecular weight excluding hydrogens is 219 g/mol. The SMILES string of the molecule is CC(C)CCOCc1ccc(C(=N)N)cc1F. The maximum atomic E-state index is 13.6. The second kappa shape index (κ2) is 6.35. The van der Waals surface area contributed by atoms with E-state index in [0.29, 0.717) is 23.7 Å². The van der Waals surface area contributed by atoms with Crippen molar-refractivity contribution in [2.24, 2.45) is 11.7 Å². The molecule has 0 heterocycles. The van der Waals surface area contributed by atoms with Crippen molar-refractivity contribution in [1.82, 2.24) is 0 Å². The van der Waals surface area contributed by atoms with Gasteiger partial charge in [0.25, 0.3) is 0 Å². The molecule has 1 aromatic rings. The predicted molar refractivity (Wildman–Crippen MR) is 66.5 cm³/mol. The van der Waals surface area contributed by atoms with Crippen LogP contribution in [0.15, 0.2) is 18.2 Å². The lowest BCUT2D eigenvalue weighted by Crippen LogP contribution is -2.11. The zero-order valence-corrected chi connectivity index (χ0v) is 10.3. The summed E-state index contributed by atoms with van der Waals surface area (Å²) in [6.07, 6.45) is 0.965. The highest BCUT2D eigenvalue weighted by atomic mass is 19.1. The molecule has 0 saturated heterocycles. The van der Waals surface area contributed by atoms with Crippen molar-refractivity contribution >= 4 is 5.84 Å². The fourth-order valence-corrected chi connectivity index (χ4v) is 1.33. The van der Waals surface area contributed by atoms with Gasteiger partial charge in [0.1, 0.15) is 11.7 Å². The van der Waals surface area contributed by atoms with Gasteiger partial charge in [0, 0.05) is 17.7 Å². The normalized spacial score (nSPS) is 10.8. The number of nitrogen functional groups attached to an aromatic ring is 1. The standard InChI is InChI=1S/C13H19FN2O/c1-9(2)5-6-17-8-11-4-3-10(13(15)16)7-12(11)14/h3-4,7,9H,5-6,8H2,1-2H3,(H3,15,16). The topological polar surface area (TPSA) is 59.1 Å². The summed E-state index contributed by atoms with van der Waals surface area (Å²) in [6, 6.07) is 4.51. The summed E-state index contributed by atoms with van der Waals surface area (Å²) in [5.41, 5.74) is 6.17. The molecule has 0 aliphatic rings. The Morgan fingerprint density at radius 3 is 2.71 bits per heavy atom. The summed E-state index contributed by atoms with van der Waals surface area (Å²) < 4.78 is 19.0. The van der Waals surface area contributed by atoms with Crippen LogP contribution in [0.1, 0.15) is 31.4 Å². The van der Waals surface area contributed by atoms with Crippen molar-refractivity contribution in [3.05, 3.63) is 35.1 Å². The van der Waals surface area contributed by atoms with Crippen LogP contribution in [0.2, 0.25) is 0 Å². The molecule has 0 saturated carbocycles. The summed E-state index contributed by atoms with van der Waals surface area (Å²) in [5, 5.41) is 7.20. The zero-order valence-electron chi connectivity index (χ0n) is 10.3. The van der Waals surface area contributed by atoms with Gasteiger partial charge in [-0.25, -0.2) is 4.39 Å². The third-order valence-corrected chi connectivity index (χ3v) is 2.46. The van der Waals surface area contributed by atoms with Gasteiger partial charge in [-0.15, -0.1) is 0 Å². The minimum Gasteiger partial charge on any atom is -0.384 e. The molecule has 0 spiro atoms. The molecule has 17 heavy (non-hydrogen) atoms. The Morgan fingerprint density at radius 2 is 2.18 bits per heavy atom. The van der Waals surface area contributed by atoms with Crippen LogP contribution >= 0.6 is 0 Å². The van der Waals surface area contributed by atoms with E-state index in [0.717, 1.165) is 6.42 Å². The Kier molecular flexibility index (Phi) is 5.10. The lowest BCUT2D eigenvalue weighted by molar-refractivity contribution is 0.108. The van der Waals surface area contributed by atoms with Crippen LogP contribution in [0.25, 0.3) is 0 Å². The van der Waals surface area contributed by atoms with Crippen molar-refractivity contribution in [1.29, 1.82) is 5.41 Å². The highest BCUT2D eigenvalue weighted by Gasteiger charge is 2.05. The second-order valence-corrected chi connectivity index (χ2v) is 4.45. The van der Waals surface area contributed by atoms with E-state index in [2.05, 4.69) is 13.8 Å². The summed E-state index contributed by atoms with van der Waals surface area (Å²) in [6.45, 7) is 5.12.